The van der Waals surface area contributed by atoms with E-state index in [1.54, 1.807) is 12.3 Å². The first kappa shape index (κ1) is 15.5. The van der Waals surface area contributed by atoms with Gasteiger partial charge in [-0.2, -0.15) is 5.10 Å². The molecule has 0 aliphatic carbocycles. The normalized spacial score (nSPS) is 15.5. The summed E-state index contributed by atoms with van der Waals surface area (Å²) >= 11 is 0. The largest absolute Gasteiger partial charge is 0.355 e. The van der Waals surface area contributed by atoms with E-state index in [1.165, 1.54) is 6.20 Å². The lowest BCUT2D eigenvalue weighted by atomic mass is 10.0. The molecule has 8 heteroatoms. The third-order valence-electron chi connectivity index (χ3n) is 4.48. The maximum Gasteiger partial charge on any atom is 0.257 e. The number of amides is 1. The highest BCUT2D eigenvalue weighted by molar-refractivity contribution is 5.97. The first-order chi connectivity index (χ1) is 12.2. The molecule has 8 nitrogen and oxygen atoms in total. The third kappa shape index (κ3) is 3.15. The van der Waals surface area contributed by atoms with Crippen LogP contribution in [0, 0.1) is 6.92 Å². The Morgan fingerprint density at radius 2 is 2.20 bits per heavy atom. The van der Waals surface area contributed by atoms with Crippen LogP contribution in [0.4, 0.5) is 5.82 Å². The molecule has 1 N–H and O–H groups in total. The molecule has 0 spiro atoms. The second-order valence-electron chi connectivity index (χ2n) is 6.16. The van der Waals surface area contributed by atoms with Gasteiger partial charge in [-0.15, -0.1) is 5.10 Å². The van der Waals surface area contributed by atoms with Crippen LogP contribution >= 0.6 is 0 Å². The number of aryl methyl sites for hydroxylation is 1. The van der Waals surface area contributed by atoms with Crippen LogP contribution in [0.5, 0.6) is 0 Å². The van der Waals surface area contributed by atoms with Gasteiger partial charge in [0.15, 0.2) is 5.82 Å². The molecule has 0 bridgehead atoms. The van der Waals surface area contributed by atoms with Crippen molar-refractivity contribution in [2.75, 3.05) is 18.0 Å². The lowest BCUT2D eigenvalue weighted by Crippen LogP contribution is -2.45. The van der Waals surface area contributed by atoms with Crippen LogP contribution in [0.3, 0.4) is 0 Å². The van der Waals surface area contributed by atoms with Crippen molar-refractivity contribution in [2.24, 2.45) is 0 Å². The van der Waals surface area contributed by atoms with Crippen LogP contribution < -0.4 is 10.2 Å². The first-order valence-electron chi connectivity index (χ1n) is 8.26. The topological polar surface area (TPSA) is 97.0 Å². The molecule has 1 saturated heterocycles. The lowest BCUT2D eigenvalue weighted by Gasteiger charge is -2.32. The van der Waals surface area contributed by atoms with Crippen molar-refractivity contribution in [1.29, 1.82) is 0 Å². The Morgan fingerprint density at radius 1 is 1.36 bits per heavy atom. The Hall–Kier alpha value is -3.03. The monoisotopic (exact) mass is 338 g/mol. The minimum absolute atomic E-state index is 0.118. The quantitative estimate of drug-likeness (QED) is 0.776. The number of nitrogens with one attached hydrogen (secondary N) is 1. The van der Waals surface area contributed by atoms with Crippen molar-refractivity contribution < 1.29 is 9.32 Å². The summed E-state index contributed by atoms with van der Waals surface area (Å²) in [6.07, 6.45) is 4.92. The highest BCUT2D eigenvalue weighted by Crippen LogP contribution is 2.19. The van der Waals surface area contributed by atoms with E-state index in [0.717, 1.165) is 42.8 Å². The molecule has 3 aromatic heterocycles. The van der Waals surface area contributed by atoms with Gasteiger partial charge in [0, 0.05) is 31.5 Å². The number of rotatable bonds is 3. The van der Waals surface area contributed by atoms with Gasteiger partial charge in [0.2, 0.25) is 0 Å². The average Bonchev–Trinajstić information content (AvgIpc) is 3.03. The van der Waals surface area contributed by atoms with Crippen LogP contribution in [-0.4, -0.2) is 45.4 Å². The number of aromatic nitrogens is 4. The number of pyridine rings is 1. The Morgan fingerprint density at radius 3 is 2.96 bits per heavy atom. The van der Waals surface area contributed by atoms with E-state index in [-0.39, 0.29) is 11.9 Å². The molecular weight excluding hydrogens is 320 g/mol. The van der Waals surface area contributed by atoms with E-state index in [1.807, 2.05) is 19.1 Å². The van der Waals surface area contributed by atoms with Crippen molar-refractivity contribution in [3.63, 3.8) is 0 Å². The van der Waals surface area contributed by atoms with Gasteiger partial charge in [0.25, 0.3) is 11.6 Å². The predicted octanol–water partition coefficient (Wildman–Crippen LogP) is 1.72. The minimum Gasteiger partial charge on any atom is -0.355 e. The number of piperidine rings is 1. The summed E-state index contributed by atoms with van der Waals surface area (Å²) in [5, 5.41) is 15.8. The highest BCUT2D eigenvalue weighted by Gasteiger charge is 2.22. The maximum atomic E-state index is 12.5. The molecule has 4 heterocycles. The molecule has 0 saturated carbocycles. The van der Waals surface area contributed by atoms with Gasteiger partial charge in [-0.3, -0.25) is 4.79 Å². The van der Waals surface area contributed by atoms with E-state index >= 15 is 0 Å². The third-order valence-corrected chi connectivity index (χ3v) is 4.48. The van der Waals surface area contributed by atoms with E-state index in [4.69, 9.17) is 4.52 Å². The van der Waals surface area contributed by atoms with E-state index in [0.29, 0.717) is 11.3 Å². The van der Waals surface area contributed by atoms with Crippen LogP contribution in [-0.2, 0) is 0 Å². The van der Waals surface area contributed by atoms with Crippen molar-refractivity contribution >= 4 is 22.8 Å². The standard InChI is InChI=1S/C17H18N6O2/c1-11-14-9-12(10-18-17(14)25-22-11)16(24)20-13-4-7-23(8-5-13)15-3-2-6-19-21-15/h2-3,6,9-10,13H,4-5,7-8H2,1H3,(H,20,24). The summed E-state index contributed by atoms with van der Waals surface area (Å²) in [7, 11) is 0. The summed E-state index contributed by atoms with van der Waals surface area (Å²) in [6.45, 7) is 3.51. The molecule has 128 valence electrons. The fourth-order valence-electron chi connectivity index (χ4n) is 3.05. The predicted molar refractivity (Wildman–Crippen MR) is 91.3 cm³/mol. The number of carbonyl (C=O) groups is 1. The fraction of sp³-hybridized carbons (Fsp3) is 0.353. The van der Waals surface area contributed by atoms with Gasteiger partial charge in [-0.05, 0) is 38.0 Å². The second-order valence-corrected chi connectivity index (χ2v) is 6.16. The molecule has 1 amide bonds. The Balaban J connectivity index is 1.39. The van der Waals surface area contributed by atoms with Crippen molar-refractivity contribution in [1.82, 2.24) is 25.7 Å². The van der Waals surface area contributed by atoms with Crippen molar-refractivity contribution in [3.8, 4) is 0 Å². The molecule has 1 aliphatic rings. The Labute approximate surface area is 144 Å². The summed E-state index contributed by atoms with van der Waals surface area (Å²) in [5.74, 6) is 0.762. The highest BCUT2D eigenvalue weighted by atomic mass is 16.5. The summed E-state index contributed by atoms with van der Waals surface area (Å²) in [4.78, 5) is 18.8. The minimum atomic E-state index is -0.118. The number of anilines is 1. The van der Waals surface area contributed by atoms with Crippen molar-refractivity contribution in [3.05, 3.63) is 41.9 Å². The van der Waals surface area contributed by atoms with Crippen molar-refractivity contribution in [2.45, 2.75) is 25.8 Å². The number of hydrogen-bond acceptors (Lipinski definition) is 7. The average molecular weight is 338 g/mol. The number of fused-ring (bicyclic) bond motifs is 1. The Kier molecular flexibility index (Phi) is 4.01. The molecule has 1 aliphatic heterocycles. The molecule has 0 unspecified atom stereocenters. The van der Waals surface area contributed by atoms with E-state index in [9.17, 15) is 4.79 Å². The molecule has 4 rings (SSSR count). The van der Waals surface area contributed by atoms with Crippen LogP contribution in [0.15, 0.2) is 35.1 Å². The van der Waals surface area contributed by atoms with Gasteiger partial charge in [-0.25, -0.2) is 4.98 Å². The van der Waals surface area contributed by atoms with Crippen LogP contribution in [0.25, 0.3) is 11.1 Å². The number of hydrogen-bond donors (Lipinski definition) is 1. The molecule has 0 atom stereocenters. The molecule has 0 aromatic carbocycles. The van der Waals surface area contributed by atoms with Gasteiger partial charge < -0.3 is 14.7 Å². The molecular formula is C17H18N6O2. The van der Waals surface area contributed by atoms with Gasteiger partial charge >= 0.3 is 0 Å². The lowest BCUT2D eigenvalue weighted by molar-refractivity contribution is 0.0931. The number of nitrogens with zero attached hydrogens (tertiary/aromatic N) is 5. The van der Waals surface area contributed by atoms with Gasteiger partial charge in [0.1, 0.15) is 0 Å². The van der Waals surface area contributed by atoms with Gasteiger partial charge in [0.05, 0.1) is 16.6 Å². The Bertz CT molecular complexity index is 887. The first-order valence-corrected chi connectivity index (χ1v) is 8.26. The smallest absolute Gasteiger partial charge is 0.257 e. The van der Waals surface area contributed by atoms with E-state index < -0.39 is 0 Å². The number of carbonyl (C=O) groups excluding carboxylic acids is 1. The van der Waals surface area contributed by atoms with E-state index in [2.05, 4.69) is 30.6 Å². The summed E-state index contributed by atoms with van der Waals surface area (Å²) in [5.41, 5.74) is 1.70. The van der Waals surface area contributed by atoms with Crippen LogP contribution in [0.2, 0.25) is 0 Å². The summed E-state index contributed by atoms with van der Waals surface area (Å²) in [6, 6.07) is 5.75. The van der Waals surface area contributed by atoms with Gasteiger partial charge in [-0.1, -0.05) is 5.16 Å². The van der Waals surface area contributed by atoms with Crippen LogP contribution in [0.1, 0.15) is 28.9 Å². The molecule has 25 heavy (non-hydrogen) atoms. The maximum absolute atomic E-state index is 12.5. The SMILES string of the molecule is Cc1noc2ncc(C(=O)NC3CCN(c4cccnn4)CC3)cc12. The zero-order valence-corrected chi connectivity index (χ0v) is 13.8. The molecule has 0 radical (unpaired) electrons. The molecule has 1 fully saturated rings. The molecule has 3 aromatic rings. The summed E-state index contributed by atoms with van der Waals surface area (Å²) < 4.78 is 5.08. The zero-order valence-electron chi connectivity index (χ0n) is 13.8. The second kappa shape index (κ2) is 6.46. The fourth-order valence-corrected chi connectivity index (χ4v) is 3.05. The zero-order chi connectivity index (χ0) is 17.2.